The number of hydrogen-bond donors (Lipinski definition) is 1. The van der Waals surface area contributed by atoms with Crippen LogP contribution in [0.2, 0.25) is 0 Å². The van der Waals surface area contributed by atoms with E-state index in [0.717, 1.165) is 11.4 Å². The first-order valence-corrected chi connectivity index (χ1v) is 7.90. The Balaban J connectivity index is 1.53. The van der Waals surface area contributed by atoms with Gasteiger partial charge in [-0.15, -0.1) is 15.3 Å². The number of benzene rings is 1. The van der Waals surface area contributed by atoms with Crippen molar-refractivity contribution in [1.82, 2.24) is 25.1 Å². The molecule has 0 aliphatic rings. The highest BCUT2D eigenvalue weighted by Gasteiger charge is 2.10. The average Bonchev–Trinajstić information content (AvgIpc) is 3.03. The van der Waals surface area contributed by atoms with Crippen molar-refractivity contribution in [3.05, 3.63) is 53.9 Å². The zero-order chi connectivity index (χ0) is 17.6. The van der Waals surface area contributed by atoms with E-state index in [-0.39, 0.29) is 19.1 Å². The second kappa shape index (κ2) is 7.71. The maximum atomic E-state index is 11.9. The first-order chi connectivity index (χ1) is 12.1. The number of aromatic nitrogens is 4. The second-order valence-corrected chi connectivity index (χ2v) is 5.73. The van der Waals surface area contributed by atoms with E-state index in [9.17, 15) is 4.79 Å². The maximum Gasteiger partial charge on any atom is 0.246 e. The van der Waals surface area contributed by atoms with E-state index in [1.807, 2.05) is 61.5 Å². The van der Waals surface area contributed by atoms with Gasteiger partial charge >= 0.3 is 0 Å². The van der Waals surface area contributed by atoms with Gasteiger partial charge in [-0.2, -0.15) is 4.52 Å². The van der Waals surface area contributed by atoms with Gasteiger partial charge in [-0.05, 0) is 17.7 Å². The first kappa shape index (κ1) is 16.8. The molecule has 25 heavy (non-hydrogen) atoms. The summed E-state index contributed by atoms with van der Waals surface area (Å²) < 4.78 is 7.04. The molecule has 0 unspecified atom stereocenters. The molecule has 130 valence electrons. The summed E-state index contributed by atoms with van der Waals surface area (Å²) in [7, 11) is 3.81. The molecule has 2 aromatic heterocycles. The highest BCUT2D eigenvalue weighted by molar-refractivity contribution is 5.77. The van der Waals surface area contributed by atoms with Crippen LogP contribution in [0.5, 0.6) is 0 Å². The monoisotopic (exact) mass is 340 g/mol. The maximum absolute atomic E-state index is 11.9. The van der Waals surface area contributed by atoms with Crippen LogP contribution in [0.3, 0.4) is 0 Å². The van der Waals surface area contributed by atoms with Crippen molar-refractivity contribution < 1.29 is 9.53 Å². The Hall–Kier alpha value is -3.00. The minimum Gasteiger partial charge on any atom is -0.367 e. The van der Waals surface area contributed by atoms with Crippen molar-refractivity contribution in [3.8, 4) is 0 Å². The molecule has 0 fully saturated rings. The van der Waals surface area contributed by atoms with E-state index in [1.165, 1.54) is 0 Å². The standard InChI is InChI=1S/C17H20N6O2/c1-22(2)15-9-8-14-19-20-16(23(14)21-15)10-18-17(24)12-25-11-13-6-4-3-5-7-13/h3-9H,10-12H2,1-2H3,(H,18,24). The van der Waals surface area contributed by atoms with Gasteiger partial charge in [0.1, 0.15) is 12.4 Å². The Labute approximate surface area is 145 Å². The van der Waals surface area contributed by atoms with Gasteiger partial charge in [-0.3, -0.25) is 4.79 Å². The minimum atomic E-state index is -0.212. The lowest BCUT2D eigenvalue weighted by atomic mass is 10.2. The third-order valence-corrected chi connectivity index (χ3v) is 3.56. The van der Waals surface area contributed by atoms with Crippen molar-refractivity contribution in [3.63, 3.8) is 0 Å². The molecule has 1 amide bonds. The molecule has 0 aliphatic carbocycles. The van der Waals surface area contributed by atoms with Gasteiger partial charge < -0.3 is 15.0 Å². The van der Waals surface area contributed by atoms with E-state index >= 15 is 0 Å². The molecule has 0 atom stereocenters. The first-order valence-electron chi connectivity index (χ1n) is 7.90. The Morgan fingerprint density at radius 2 is 1.96 bits per heavy atom. The van der Waals surface area contributed by atoms with Gasteiger partial charge in [0.25, 0.3) is 0 Å². The summed E-state index contributed by atoms with van der Waals surface area (Å²) in [5, 5.41) is 15.3. The van der Waals surface area contributed by atoms with Crippen LogP contribution < -0.4 is 10.2 Å². The highest BCUT2D eigenvalue weighted by Crippen LogP contribution is 2.09. The normalized spacial score (nSPS) is 10.8. The number of rotatable bonds is 7. The van der Waals surface area contributed by atoms with E-state index in [2.05, 4.69) is 20.6 Å². The van der Waals surface area contributed by atoms with Crippen molar-refractivity contribution in [2.24, 2.45) is 0 Å². The number of hydrogen-bond acceptors (Lipinski definition) is 6. The molecular weight excluding hydrogens is 320 g/mol. The van der Waals surface area contributed by atoms with E-state index in [4.69, 9.17) is 4.74 Å². The molecule has 0 saturated carbocycles. The molecule has 3 rings (SSSR count). The summed E-state index contributed by atoms with van der Waals surface area (Å²) in [6, 6.07) is 13.4. The average molecular weight is 340 g/mol. The fourth-order valence-electron chi connectivity index (χ4n) is 2.24. The molecule has 8 nitrogen and oxygen atoms in total. The van der Waals surface area contributed by atoms with Gasteiger partial charge in [0, 0.05) is 14.1 Å². The van der Waals surface area contributed by atoms with Crippen molar-refractivity contribution in [1.29, 1.82) is 0 Å². The number of carbonyl (C=O) groups excluding carboxylic acids is 1. The number of amides is 1. The Morgan fingerprint density at radius 1 is 1.16 bits per heavy atom. The number of nitrogens with one attached hydrogen (secondary N) is 1. The molecule has 0 spiro atoms. The van der Waals surface area contributed by atoms with Crippen LogP contribution in [0.15, 0.2) is 42.5 Å². The summed E-state index contributed by atoms with van der Waals surface area (Å²) in [5.74, 6) is 1.14. The fourth-order valence-corrected chi connectivity index (χ4v) is 2.24. The van der Waals surface area contributed by atoms with Crippen molar-refractivity contribution in [2.45, 2.75) is 13.2 Å². The Bertz CT molecular complexity index is 847. The number of nitrogens with zero attached hydrogens (tertiary/aromatic N) is 5. The number of ether oxygens (including phenoxy) is 1. The zero-order valence-electron chi connectivity index (χ0n) is 14.2. The van der Waals surface area contributed by atoms with Crippen LogP contribution in [0.4, 0.5) is 5.82 Å². The predicted molar refractivity (Wildman–Crippen MR) is 93.1 cm³/mol. The van der Waals surface area contributed by atoms with Gasteiger partial charge in [0.2, 0.25) is 5.91 Å². The molecule has 0 radical (unpaired) electrons. The summed E-state index contributed by atoms with van der Waals surface area (Å²) >= 11 is 0. The minimum absolute atomic E-state index is 0.0119. The zero-order valence-corrected chi connectivity index (χ0v) is 14.2. The van der Waals surface area contributed by atoms with Gasteiger partial charge in [0.15, 0.2) is 11.5 Å². The third kappa shape index (κ3) is 4.30. The summed E-state index contributed by atoms with van der Waals surface area (Å²) in [5.41, 5.74) is 1.66. The molecule has 1 N–H and O–H groups in total. The Morgan fingerprint density at radius 3 is 2.72 bits per heavy atom. The lowest BCUT2D eigenvalue weighted by Crippen LogP contribution is -2.28. The number of anilines is 1. The van der Waals surface area contributed by atoms with E-state index in [1.54, 1.807) is 4.52 Å². The molecule has 0 saturated heterocycles. The second-order valence-electron chi connectivity index (χ2n) is 5.73. The smallest absolute Gasteiger partial charge is 0.246 e. The lowest BCUT2D eigenvalue weighted by molar-refractivity contribution is -0.126. The number of fused-ring (bicyclic) bond motifs is 1. The molecule has 1 aromatic carbocycles. The quantitative estimate of drug-likeness (QED) is 0.691. The molecule has 0 bridgehead atoms. The van der Waals surface area contributed by atoms with Crippen LogP contribution in [0, 0.1) is 0 Å². The van der Waals surface area contributed by atoms with Gasteiger partial charge in [-0.1, -0.05) is 30.3 Å². The molecule has 8 heteroatoms. The van der Waals surface area contributed by atoms with Gasteiger partial charge in [0.05, 0.1) is 13.2 Å². The topological polar surface area (TPSA) is 84.7 Å². The Kier molecular flexibility index (Phi) is 5.20. The lowest BCUT2D eigenvalue weighted by Gasteiger charge is -2.11. The molecule has 3 aromatic rings. The highest BCUT2D eigenvalue weighted by atomic mass is 16.5. The molecule has 0 aliphatic heterocycles. The SMILES string of the molecule is CN(C)c1ccc2nnc(CNC(=O)COCc3ccccc3)n2n1. The molecular formula is C17H20N6O2. The van der Waals surface area contributed by atoms with Crippen LogP contribution in [-0.2, 0) is 22.7 Å². The van der Waals surface area contributed by atoms with Crippen LogP contribution in [0.25, 0.3) is 5.65 Å². The largest absolute Gasteiger partial charge is 0.367 e. The van der Waals surface area contributed by atoms with E-state index in [0.29, 0.717) is 18.1 Å². The summed E-state index contributed by atoms with van der Waals surface area (Å²) in [6.07, 6.45) is 0. The van der Waals surface area contributed by atoms with Crippen LogP contribution in [-0.4, -0.2) is 46.4 Å². The summed E-state index contributed by atoms with van der Waals surface area (Å²) in [4.78, 5) is 13.8. The van der Waals surface area contributed by atoms with Crippen molar-refractivity contribution in [2.75, 3.05) is 25.6 Å². The fraction of sp³-hybridized carbons (Fsp3) is 0.294. The van der Waals surface area contributed by atoms with E-state index < -0.39 is 0 Å². The predicted octanol–water partition coefficient (Wildman–Crippen LogP) is 1.02. The van der Waals surface area contributed by atoms with Gasteiger partial charge in [-0.25, -0.2) is 0 Å². The van der Waals surface area contributed by atoms with Crippen molar-refractivity contribution >= 4 is 17.4 Å². The van der Waals surface area contributed by atoms with Crippen LogP contribution in [0.1, 0.15) is 11.4 Å². The number of carbonyl (C=O) groups is 1. The summed E-state index contributed by atoms with van der Waals surface area (Å²) in [6.45, 7) is 0.621. The van der Waals surface area contributed by atoms with Crippen LogP contribution >= 0.6 is 0 Å². The third-order valence-electron chi connectivity index (χ3n) is 3.56. The molecule has 2 heterocycles.